The minimum Gasteiger partial charge on any atom is -0.495 e. The molecule has 20 heavy (non-hydrogen) atoms. The summed E-state index contributed by atoms with van der Waals surface area (Å²) in [5.41, 5.74) is 0.957. The average Bonchev–Trinajstić information content (AvgIpc) is 2.98. The third-order valence-electron chi connectivity index (χ3n) is 2.94. The average molecular weight is 341 g/mol. The molecule has 6 nitrogen and oxygen atoms in total. The smallest absolute Gasteiger partial charge is 0.146 e. The van der Waals surface area contributed by atoms with E-state index in [0.29, 0.717) is 5.75 Å². The standard InChI is InChI=1S/C13H17BrN4O2/c1-4-15-11(13-16-7-17-18-13)8-5-6-9(19-2)10(14)12(8)20-3/h5-7,11,15H,4H2,1-3H3,(H,16,17,18). The van der Waals surface area contributed by atoms with E-state index in [0.717, 1.165) is 28.2 Å². The van der Waals surface area contributed by atoms with Crippen LogP contribution in [-0.2, 0) is 0 Å². The molecule has 0 saturated heterocycles. The molecular formula is C13H17BrN4O2. The second-order valence-corrected chi connectivity index (χ2v) is 4.86. The van der Waals surface area contributed by atoms with Crippen LogP contribution >= 0.6 is 15.9 Å². The number of nitrogens with zero attached hydrogens (tertiary/aromatic N) is 2. The molecule has 0 aliphatic rings. The van der Waals surface area contributed by atoms with Gasteiger partial charge in [-0.1, -0.05) is 6.92 Å². The molecule has 0 amide bonds. The van der Waals surface area contributed by atoms with Crippen LogP contribution in [-0.4, -0.2) is 35.9 Å². The zero-order valence-electron chi connectivity index (χ0n) is 11.6. The van der Waals surface area contributed by atoms with E-state index in [4.69, 9.17) is 9.47 Å². The fourth-order valence-corrected chi connectivity index (χ4v) is 2.74. The molecular weight excluding hydrogens is 324 g/mol. The van der Waals surface area contributed by atoms with Crippen molar-refractivity contribution in [3.63, 3.8) is 0 Å². The summed E-state index contributed by atoms with van der Waals surface area (Å²) in [6.45, 7) is 2.83. The molecule has 108 valence electrons. The summed E-state index contributed by atoms with van der Waals surface area (Å²) in [5, 5.41) is 10.2. The largest absolute Gasteiger partial charge is 0.495 e. The third kappa shape index (κ3) is 2.78. The number of rotatable bonds is 6. The minimum atomic E-state index is -0.125. The van der Waals surface area contributed by atoms with Crippen LogP contribution in [0.3, 0.4) is 0 Å². The maximum atomic E-state index is 5.52. The van der Waals surface area contributed by atoms with E-state index in [1.807, 2.05) is 19.1 Å². The van der Waals surface area contributed by atoms with Crippen LogP contribution in [0.25, 0.3) is 0 Å². The first-order valence-corrected chi connectivity index (χ1v) is 7.01. The van der Waals surface area contributed by atoms with Gasteiger partial charge in [0.2, 0.25) is 0 Å². The molecule has 2 rings (SSSR count). The van der Waals surface area contributed by atoms with E-state index in [1.165, 1.54) is 6.33 Å². The van der Waals surface area contributed by atoms with Gasteiger partial charge in [-0.3, -0.25) is 5.10 Å². The van der Waals surface area contributed by atoms with Crippen LogP contribution in [0.4, 0.5) is 0 Å². The molecule has 2 N–H and O–H groups in total. The van der Waals surface area contributed by atoms with Crippen LogP contribution in [0, 0.1) is 0 Å². The van der Waals surface area contributed by atoms with Crippen molar-refractivity contribution in [3.05, 3.63) is 34.3 Å². The number of H-pyrrole nitrogens is 1. The Kier molecular flexibility index (Phi) is 4.97. The number of methoxy groups -OCH3 is 2. The molecule has 0 aliphatic carbocycles. The molecule has 1 aromatic heterocycles. The van der Waals surface area contributed by atoms with E-state index in [1.54, 1.807) is 14.2 Å². The summed E-state index contributed by atoms with van der Waals surface area (Å²) in [6.07, 6.45) is 1.49. The van der Waals surface area contributed by atoms with Crippen LogP contribution in [0.2, 0.25) is 0 Å². The number of hydrogen-bond acceptors (Lipinski definition) is 5. The Balaban J connectivity index is 2.51. The summed E-state index contributed by atoms with van der Waals surface area (Å²) in [7, 11) is 3.25. The highest BCUT2D eigenvalue weighted by molar-refractivity contribution is 9.10. The van der Waals surface area contributed by atoms with Crippen molar-refractivity contribution in [2.45, 2.75) is 13.0 Å². The van der Waals surface area contributed by atoms with Gasteiger partial charge in [0.05, 0.1) is 20.3 Å². The molecule has 0 fully saturated rings. The van der Waals surface area contributed by atoms with Gasteiger partial charge >= 0.3 is 0 Å². The highest BCUT2D eigenvalue weighted by Crippen LogP contribution is 2.40. The normalized spacial score (nSPS) is 12.2. The molecule has 0 radical (unpaired) electrons. The first kappa shape index (κ1) is 14.8. The van der Waals surface area contributed by atoms with Gasteiger partial charge in [-0.05, 0) is 34.6 Å². The zero-order valence-corrected chi connectivity index (χ0v) is 13.2. The lowest BCUT2D eigenvalue weighted by Gasteiger charge is -2.20. The number of nitrogens with one attached hydrogen (secondary N) is 2. The Morgan fingerprint density at radius 3 is 2.70 bits per heavy atom. The highest BCUT2D eigenvalue weighted by atomic mass is 79.9. The lowest BCUT2D eigenvalue weighted by molar-refractivity contribution is 0.382. The SMILES string of the molecule is CCNC(c1ncn[nH]1)c1ccc(OC)c(Br)c1OC. The number of ether oxygens (including phenoxy) is 2. The van der Waals surface area contributed by atoms with E-state index in [9.17, 15) is 0 Å². The number of aromatic nitrogens is 3. The second-order valence-electron chi connectivity index (χ2n) is 4.07. The van der Waals surface area contributed by atoms with Gasteiger partial charge in [0.15, 0.2) is 0 Å². The molecule has 0 spiro atoms. The van der Waals surface area contributed by atoms with Crippen LogP contribution in [0.15, 0.2) is 22.9 Å². The molecule has 1 heterocycles. The first-order valence-electron chi connectivity index (χ1n) is 6.21. The molecule has 1 unspecified atom stereocenters. The van der Waals surface area contributed by atoms with Crippen molar-refractivity contribution in [1.82, 2.24) is 20.5 Å². The summed E-state index contributed by atoms with van der Waals surface area (Å²) in [6, 6.07) is 3.72. The minimum absolute atomic E-state index is 0.125. The number of benzene rings is 1. The predicted octanol–water partition coefficient (Wildman–Crippen LogP) is 2.28. The topological polar surface area (TPSA) is 72.1 Å². The highest BCUT2D eigenvalue weighted by Gasteiger charge is 2.23. The lowest BCUT2D eigenvalue weighted by atomic mass is 10.0. The van der Waals surface area contributed by atoms with Crippen molar-refractivity contribution in [3.8, 4) is 11.5 Å². The fraction of sp³-hybridized carbons (Fsp3) is 0.385. The van der Waals surface area contributed by atoms with Crippen LogP contribution in [0.1, 0.15) is 24.4 Å². The Bertz CT molecular complexity index is 560. The van der Waals surface area contributed by atoms with E-state index in [2.05, 4.69) is 36.4 Å². The van der Waals surface area contributed by atoms with E-state index < -0.39 is 0 Å². The van der Waals surface area contributed by atoms with Crippen LogP contribution in [0.5, 0.6) is 11.5 Å². The Morgan fingerprint density at radius 2 is 2.15 bits per heavy atom. The molecule has 1 atom stereocenters. The number of halogens is 1. The van der Waals surface area contributed by atoms with Crippen molar-refractivity contribution >= 4 is 15.9 Å². The summed E-state index contributed by atoms with van der Waals surface area (Å²) >= 11 is 3.51. The van der Waals surface area contributed by atoms with E-state index in [-0.39, 0.29) is 6.04 Å². The van der Waals surface area contributed by atoms with Gasteiger partial charge in [0.25, 0.3) is 0 Å². The quantitative estimate of drug-likeness (QED) is 0.843. The Hall–Kier alpha value is -1.60. The maximum absolute atomic E-state index is 5.52. The zero-order chi connectivity index (χ0) is 14.5. The summed E-state index contributed by atoms with van der Waals surface area (Å²) in [5.74, 6) is 2.17. The molecule has 1 aromatic carbocycles. The molecule has 0 saturated carbocycles. The summed E-state index contributed by atoms with van der Waals surface area (Å²) in [4.78, 5) is 4.23. The lowest BCUT2D eigenvalue weighted by Crippen LogP contribution is -2.23. The van der Waals surface area contributed by atoms with Gasteiger partial charge in [-0.2, -0.15) is 5.10 Å². The first-order chi connectivity index (χ1) is 9.72. The molecule has 2 aromatic rings. The summed E-state index contributed by atoms with van der Waals surface area (Å²) < 4.78 is 11.6. The van der Waals surface area contributed by atoms with Crippen molar-refractivity contribution < 1.29 is 9.47 Å². The molecule has 7 heteroatoms. The Morgan fingerprint density at radius 1 is 1.35 bits per heavy atom. The van der Waals surface area contributed by atoms with Gasteiger partial charge in [0.1, 0.15) is 28.1 Å². The van der Waals surface area contributed by atoms with Gasteiger partial charge < -0.3 is 14.8 Å². The van der Waals surface area contributed by atoms with Crippen molar-refractivity contribution in [2.24, 2.45) is 0 Å². The van der Waals surface area contributed by atoms with Crippen molar-refractivity contribution in [2.75, 3.05) is 20.8 Å². The molecule has 0 aliphatic heterocycles. The van der Waals surface area contributed by atoms with Gasteiger partial charge in [-0.25, -0.2) is 4.98 Å². The molecule has 0 bridgehead atoms. The fourth-order valence-electron chi connectivity index (χ4n) is 2.06. The third-order valence-corrected chi connectivity index (χ3v) is 3.69. The monoisotopic (exact) mass is 340 g/mol. The predicted molar refractivity (Wildman–Crippen MR) is 79.1 cm³/mol. The number of aromatic amines is 1. The van der Waals surface area contributed by atoms with Gasteiger partial charge in [-0.15, -0.1) is 0 Å². The Labute approximate surface area is 126 Å². The number of hydrogen-bond donors (Lipinski definition) is 2. The van der Waals surface area contributed by atoms with Gasteiger partial charge in [0, 0.05) is 5.56 Å². The van der Waals surface area contributed by atoms with E-state index >= 15 is 0 Å². The van der Waals surface area contributed by atoms with Crippen molar-refractivity contribution in [1.29, 1.82) is 0 Å². The second kappa shape index (κ2) is 6.71. The van der Waals surface area contributed by atoms with Crippen LogP contribution < -0.4 is 14.8 Å². The maximum Gasteiger partial charge on any atom is 0.146 e.